The molecule has 0 aliphatic heterocycles. The van der Waals surface area contributed by atoms with Gasteiger partial charge >= 0.3 is 11.9 Å². The van der Waals surface area contributed by atoms with Crippen LogP contribution in [-0.4, -0.2) is 42.6 Å². The third-order valence-corrected chi connectivity index (χ3v) is 3.79. The minimum absolute atomic E-state index is 0.224. The zero-order chi connectivity index (χ0) is 17.1. The fourth-order valence-electron chi connectivity index (χ4n) is 2.21. The third kappa shape index (κ3) is 3.13. The fraction of sp³-hybridized carbons (Fsp3) is 0.533. The summed E-state index contributed by atoms with van der Waals surface area (Å²) in [6.45, 7) is 6.68. The van der Waals surface area contributed by atoms with Crippen LogP contribution < -0.4 is 5.32 Å². The van der Waals surface area contributed by atoms with Gasteiger partial charge in [0.2, 0.25) is 0 Å². The lowest BCUT2D eigenvalue weighted by Gasteiger charge is -2.26. The molecule has 122 valence electrons. The zero-order valence-electron chi connectivity index (χ0n) is 13.7. The van der Waals surface area contributed by atoms with Gasteiger partial charge in [0.15, 0.2) is 0 Å². The van der Waals surface area contributed by atoms with Crippen LogP contribution in [-0.2, 0) is 14.3 Å². The number of amides is 1. The first-order valence-electron chi connectivity index (χ1n) is 6.90. The van der Waals surface area contributed by atoms with E-state index in [0.29, 0.717) is 23.2 Å². The quantitative estimate of drug-likeness (QED) is 0.803. The number of carbonyl (C=O) groups is 3. The average Bonchev–Trinajstić information content (AvgIpc) is 2.80. The molecule has 7 nitrogen and oxygen atoms in total. The molecule has 0 aliphatic carbocycles. The van der Waals surface area contributed by atoms with E-state index in [9.17, 15) is 14.4 Å². The first kappa shape index (κ1) is 17.7. The summed E-state index contributed by atoms with van der Waals surface area (Å²) in [5.41, 5.74) is 0.421. The van der Waals surface area contributed by atoms with E-state index < -0.39 is 23.4 Å². The number of methoxy groups -OCH3 is 2. The summed E-state index contributed by atoms with van der Waals surface area (Å²) in [5, 5.41) is 2.65. The van der Waals surface area contributed by atoms with E-state index in [1.807, 2.05) is 0 Å². The lowest BCUT2D eigenvalue weighted by molar-refractivity contribution is -0.147. The van der Waals surface area contributed by atoms with E-state index in [1.165, 1.54) is 14.2 Å². The lowest BCUT2D eigenvalue weighted by atomic mass is 9.98. The Morgan fingerprint density at radius 1 is 1.18 bits per heavy atom. The molecular formula is C15H22N2O5. The molecule has 22 heavy (non-hydrogen) atoms. The Hall–Kier alpha value is -2.31. The number of carbonyl (C=O) groups excluding carboxylic acids is 3. The van der Waals surface area contributed by atoms with Crippen molar-refractivity contribution in [3.8, 4) is 0 Å². The van der Waals surface area contributed by atoms with E-state index in [0.717, 1.165) is 0 Å². The smallest absolute Gasteiger partial charge is 0.339 e. The van der Waals surface area contributed by atoms with E-state index in [1.54, 1.807) is 27.7 Å². The minimum atomic E-state index is -1.14. The van der Waals surface area contributed by atoms with Gasteiger partial charge in [0.1, 0.15) is 11.2 Å². The van der Waals surface area contributed by atoms with Crippen LogP contribution in [0.2, 0.25) is 0 Å². The van der Waals surface area contributed by atoms with Crippen molar-refractivity contribution in [2.45, 2.75) is 39.7 Å². The third-order valence-electron chi connectivity index (χ3n) is 3.79. The molecule has 0 aromatic carbocycles. The molecule has 1 rings (SSSR count). The van der Waals surface area contributed by atoms with Crippen LogP contribution >= 0.6 is 0 Å². The summed E-state index contributed by atoms with van der Waals surface area (Å²) >= 11 is 0. The number of aryl methyl sites for hydroxylation is 1. The van der Waals surface area contributed by atoms with Gasteiger partial charge in [-0.05, 0) is 32.8 Å². The average molecular weight is 310 g/mol. The van der Waals surface area contributed by atoms with E-state index in [4.69, 9.17) is 9.47 Å². The van der Waals surface area contributed by atoms with Crippen LogP contribution in [0, 0.1) is 13.8 Å². The second-order valence-electron chi connectivity index (χ2n) is 5.25. The van der Waals surface area contributed by atoms with Gasteiger partial charge in [0.05, 0.1) is 19.8 Å². The summed E-state index contributed by atoms with van der Waals surface area (Å²) in [6.07, 6.45) is 0.369. The molecule has 0 unspecified atom stereocenters. The summed E-state index contributed by atoms with van der Waals surface area (Å²) in [6, 6.07) is 0. The molecule has 0 saturated heterocycles. The van der Waals surface area contributed by atoms with Crippen LogP contribution in [0.5, 0.6) is 0 Å². The molecule has 1 amide bonds. The Kier molecular flexibility index (Phi) is 5.35. The SMILES string of the molecule is CC[C@](C)(NC(=O)c1[nH]c(C)c(C(=O)OC)c1C)C(=O)OC. The second kappa shape index (κ2) is 6.64. The molecule has 0 saturated carbocycles. The van der Waals surface area contributed by atoms with Crippen molar-refractivity contribution in [2.24, 2.45) is 0 Å². The first-order chi connectivity index (χ1) is 10.2. The van der Waals surface area contributed by atoms with Gasteiger partial charge in [-0.3, -0.25) is 4.79 Å². The first-order valence-corrected chi connectivity index (χ1v) is 6.90. The summed E-state index contributed by atoms with van der Waals surface area (Å²) in [5.74, 6) is -1.53. The second-order valence-corrected chi connectivity index (χ2v) is 5.25. The molecule has 1 aromatic rings. The number of rotatable bonds is 5. The van der Waals surface area contributed by atoms with Gasteiger partial charge in [-0.15, -0.1) is 0 Å². The monoisotopic (exact) mass is 310 g/mol. The molecule has 7 heteroatoms. The van der Waals surface area contributed by atoms with Gasteiger partial charge in [-0.25, -0.2) is 9.59 Å². The highest BCUT2D eigenvalue weighted by Gasteiger charge is 2.35. The van der Waals surface area contributed by atoms with Crippen molar-refractivity contribution in [3.05, 3.63) is 22.5 Å². The number of aromatic amines is 1. The van der Waals surface area contributed by atoms with Crippen LogP contribution in [0.4, 0.5) is 0 Å². The van der Waals surface area contributed by atoms with Gasteiger partial charge in [-0.1, -0.05) is 6.92 Å². The van der Waals surface area contributed by atoms with Crippen molar-refractivity contribution in [1.82, 2.24) is 10.3 Å². The number of H-pyrrole nitrogens is 1. The highest BCUT2D eigenvalue weighted by molar-refractivity contribution is 6.02. The van der Waals surface area contributed by atoms with Crippen LogP contribution in [0.1, 0.15) is 52.4 Å². The lowest BCUT2D eigenvalue weighted by Crippen LogP contribution is -2.52. The van der Waals surface area contributed by atoms with Crippen molar-refractivity contribution in [1.29, 1.82) is 0 Å². The van der Waals surface area contributed by atoms with Crippen molar-refractivity contribution in [3.63, 3.8) is 0 Å². The summed E-state index contributed by atoms with van der Waals surface area (Å²) in [7, 11) is 2.54. The highest BCUT2D eigenvalue weighted by atomic mass is 16.5. The topological polar surface area (TPSA) is 97.5 Å². The molecule has 0 radical (unpaired) electrons. The Balaban J connectivity index is 3.15. The standard InChI is InChI=1S/C15H22N2O5/c1-7-15(4,14(20)22-6)17-12(18)11-8(2)10(9(3)16-11)13(19)21-5/h16H,7H2,1-6H3,(H,17,18)/t15-/m0/s1. The van der Waals surface area contributed by atoms with Crippen molar-refractivity contribution in [2.75, 3.05) is 14.2 Å². The summed E-state index contributed by atoms with van der Waals surface area (Å²) in [4.78, 5) is 38.9. The maximum atomic E-state index is 12.4. The number of hydrogen-bond donors (Lipinski definition) is 2. The van der Waals surface area contributed by atoms with Crippen molar-refractivity contribution >= 4 is 17.8 Å². The molecule has 1 heterocycles. The Morgan fingerprint density at radius 2 is 1.77 bits per heavy atom. The Morgan fingerprint density at radius 3 is 2.23 bits per heavy atom. The summed E-state index contributed by atoms with van der Waals surface area (Å²) < 4.78 is 9.42. The largest absolute Gasteiger partial charge is 0.467 e. The number of ether oxygens (including phenoxy) is 2. The number of esters is 2. The van der Waals surface area contributed by atoms with Crippen LogP contribution in [0.15, 0.2) is 0 Å². The molecular weight excluding hydrogens is 288 g/mol. The predicted octanol–water partition coefficient (Wildman–Crippen LogP) is 1.49. The van der Waals surface area contributed by atoms with E-state index in [2.05, 4.69) is 10.3 Å². The fourth-order valence-corrected chi connectivity index (χ4v) is 2.21. The van der Waals surface area contributed by atoms with Gasteiger partial charge < -0.3 is 19.8 Å². The Labute approximate surface area is 129 Å². The zero-order valence-corrected chi connectivity index (χ0v) is 13.7. The van der Waals surface area contributed by atoms with E-state index >= 15 is 0 Å². The normalized spacial score (nSPS) is 13.2. The maximum Gasteiger partial charge on any atom is 0.339 e. The minimum Gasteiger partial charge on any atom is -0.467 e. The Bertz CT molecular complexity index is 605. The van der Waals surface area contributed by atoms with E-state index in [-0.39, 0.29) is 5.69 Å². The molecule has 0 fully saturated rings. The molecule has 0 aliphatic rings. The molecule has 2 N–H and O–H groups in total. The van der Waals surface area contributed by atoms with Gasteiger partial charge in [0.25, 0.3) is 5.91 Å². The molecule has 1 atom stereocenters. The number of hydrogen-bond acceptors (Lipinski definition) is 5. The van der Waals surface area contributed by atoms with Crippen LogP contribution in [0.25, 0.3) is 0 Å². The molecule has 1 aromatic heterocycles. The molecule has 0 bridgehead atoms. The number of aromatic nitrogens is 1. The molecule has 0 spiro atoms. The number of nitrogens with one attached hydrogen (secondary N) is 2. The van der Waals surface area contributed by atoms with Gasteiger partial charge in [0, 0.05) is 5.69 Å². The van der Waals surface area contributed by atoms with Gasteiger partial charge in [-0.2, -0.15) is 0 Å². The van der Waals surface area contributed by atoms with Crippen LogP contribution in [0.3, 0.4) is 0 Å². The van der Waals surface area contributed by atoms with Crippen molar-refractivity contribution < 1.29 is 23.9 Å². The maximum absolute atomic E-state index is 12.4. The highest BCUT2D eigenvalue weighted by Crippen LogP contribution is 2.20. The predicted molar refractivity (Wildman–Crippen MR) is 79.8 cm³/mol.